The van der Waals surface area contributed by atoms with Crippen LogP contribution in [0.15, 0.2) is 30.5 Å². The number of aryl methyl sites for hydroxylation is 3. The third-order valence-corrected chi connectivity index (χ3v) is 6.71. The van der Waals surface area contributed by atoms with Gasteiger partial charge in [-0.1, -0.05) is 26.0 Å². The summed E-state index contributed by atoms with van der Waals surface area (Å²) in [6.07, 6.45) is 1.88. The van der Waals surface area contributed by atoms with Crippen LogP contribution in [0.2, 0.25) is 0 Å². The number of nitrogens with one attached hydrogen (secondary N) is 2. The Morgan fingerprint density at radius 2 is 1.73 bits per heavy atom. The zero-order valence-corrected chi connectivity index (χ0v) is 19.9. The number of imide groups is 1. The van der Waals surface area contributed by atoms with Crippen molar-refractivity contribution in [3.8, 4) is 0 Å². The minimum atomic E-state index is -1.13. The number of anilines is 1. The van der Waals surface area contributed by atoms with Crippen LogP contribution in [0, 0.1) is 26.7 Å². The van der Waals surface area contributed by atoms with E-state index >= 15 is 0 Å². The van der Waals surface area contributed by atoms with E-state index in [0.717, 1.165) is 35.6 Å². The summed E-state index contributed by atoms with van der Waals surface area (Å²) in [4.78, 5) is 46.4. The molecular weight excluding hydrogens is 418 g/mol. The van der Waals surface area contributed by atoms with Gasteiger partial charge in [0.2, 0.25) is 0 Å². The highest BCUT2D eigenvalue weighted by Crippen LogP contribution is 2.35. The van der Waals surface area contributed by atoms with Crippen LogP contribution in [0.3, 0.4) is 0 Å². The van der Waals surface area contributed by atoms with Crippen LogP contribution in [0.25, 0.3) is 0 Å². The molecule has 2 fully saturated rings. The Labute approximate surface area is 194 Å². The van der Waals surface area contributed by atoms with Crippen LogP contribution in [0.1, 0.15) is 46.5 Å². The molecule has 0 unspecified atom stereocenters. The van der Waals surface area contributed by atoms with Gasteiger partial charge >= 0.3 is 6.03 Å². The van der Waals surface area contributed by atoms with Gasteiger partial charge in [0.15, 0.2) is 0 Å². The van der Waals surface area contributed by atoms with Gasteiger partial charge in [-0.15, -0.1) is 0 Å². The highest BCUT2D eigenvalue weighted by Gasteiger charge is 2.50. The molecule has 2 N–H and O–H groups in total. The number of amides is 4. The molecule has 8 nitrogen and oxygen atoms in total. The first kappa shape index (κ1) is 22.8. The largest absolute Gasteiger partial charge is 0.353 e. The lowest BCUT2D eigenvalue weighted by Gasteiger charge is -2.36. The molecule has 0 saturated carbocycles. The molecule has 2 saturated heterocycles. The summed E-state index contributed by atoms with van der Waals surface area (Å²) in [5.41, 5.74) is 3.24. The minimum Gasteiger partial charge on any atom is -0.353 e. The van der Waals surface area contributed by atoms with E-state index in [-0.39, 0.29) is 17.7 Å². The van der Waals surface area contributed by atoms with Crippen LogP contribution in [0.4, 0.5) is 10.6 Å². The van der Waals surface area contributed by atoms with Crippen molar-refractivity contribution < 1.29 is 14.4 Å². The molecule has 0 spiro atoms. The number of hydrogen-bond donors (Lipinski definition) is 2. The van der Waals surface area contributed by atoms with E-state index in [4.69, 9.17) is 0 Å². The lowest BCUT2D eigenvalue weighted by Crippen LogP contribution is -2.49. The van der Waals surface area contributed by atoms with Gasteiger partial charge in [0.05, 0.1) is 0 Å². The maximum absolute atomic E-state index is 13.2. The topological polar surface area (TPSA) is 94.6 Å². The summed E-state index contributed by atoms with van der Waals surface area (Å²) >= 11 is 0. The molecule has 3 heterocycles. The molecule has 0 bridgehead atoms. The maximum Gasteiger partial charge on any atom is 0.322 e. The Morgan fingerprint density at radius 1 is 1.03 bits per heavy atom. The zero-order valence-electron chi connectivity index (χ0n) is 19.9. The molecule has 4 rings (SSSR count). The Bertz CT molecular complexity index is 1120. The monoisotopic (exact) mass is 449 g/mol. The predicted molar refractivity (Wildman–Crippen MR) is 126 cm³/mol. The number of urea groups is 1. The van der Waals surface area contributed by atoms with E-state index in [1.165, 1.54) is 0 Å². The average Bonchev–Trinajstić information content (AvgIpc) is 3.08. The van der Waals surface area contributed by atoms with Gasteiger partial charge in [0.25, 0.3) is 11.8 Å². The number of pyridine rings is 1. The molecule has 0 radical (unpaired) electrons. The third-order valence-electron chi connectivity index (χ3n) is 6.71. The van der Waals surface area contributed by atoms with E-state index in [9.17, 15) is 14.4 Å². The van der Waals surface area contributed by atoms with Crippen LogP contribution < -0.4 is 15.5 Å². The first-order valence-corrected chi connectivity index (χ1v) is 11.4. The minimum absolute atomic E-state index is 0.0311. The molecule has 1 atom stereocenters. The van der Waals surface area contributed by atoms with Crippen molar-refractivity contribution in [2.24, 2.45) is 5.92 Å². The highest BCUT2D eigenvalue weighted by atomic mass is 16.2. The van der Waals surface area contributed by atoms with Crippen LogP contribution in [-0.2, 0) is 10.3 Å². The molecule has 4 amide bonds. The first-order chi connectivity index (χ1) is 15.6. The SMILES string of the molecule is Cc1cnc(N2CCN(C(=O)c3ccc([C@@]4(C(C)C)NC(=O)NC4=O)c(C)c3)CC2)c(C)c1. The number of piperazine rings is 1. The van der Waals surface area contributed by atoms with E-state index in [1.54, 1.807) is 12.1 Å². The number of benzene rings is 1. The molecule has 2 aromatic rings. The molecule has 174 valence electrons. The Kier molecular flexibility index (Phi) is 5.86. The Hall–Kier alpha value is -3.42. The van der Waals surface area contributed by atoms with E-state index < -0.39 is 11.6 Å². The summed E-state index contributed by atoms with van der Waals surface area (Å²) in [7, 11) is 0. The average molecular weight is 450 g/mol. The number of rotatable bonds is 4. The molecule has 8 heteroatoms. The maximum atomic E-state index is 13.2. The van der Waals surface area contributed by atoms with E-state index in [0.29, 0.717) is 24.2 Å². The summed E-state index contributed by atoms with van der Waals surface area (Å²) in [6, 6.07) is 7.00. The summed E-state index contributed by atoms with van der Waals surface area (Å²) in [6.45, 7) is 12.4. The molecule has 33 heavy (non-hydrogen) atoms. The van der Waals surface area contributed by atoms with Gasteiger partial charge in [0, 0.05) is 37.9 Å². The molecule has 1 aromatic carbocycles. The van der Waals surface area contributed by atoms with Crippen LogP contribution >= 0.6 is 0 Å². The van der Waals surface area contributed by atoms with Crippen molar-refractivity contribution in [3.05, 3.63) is 58.3 Å². The number of carbonyl (C=O) groups excluding carboxylic acids is 3. The summed E-state index contributed by atoms with van der Waals surface area (Å²) < 4.78 is 0. The third kappa shape index (κ3) is 3.94. The van der Waals surface area contributed by atoms with Gasteiger partial charge in [-0.2, -0.15) is 0 Å². The first-order valence-electron chi connectivity index (χ1n) is 11.4. The van der Waals surface area contributed by atoms with Crippen molar-refractivity contribution in [1.82, 2.24) is 20.5 Å². The summed E-state index contributed by atoms with van der Waals surface area (Å²) in [5, 5.41) is 5.16. The van der Waals surface area contributed by atoms with Gasteiger partial charge in [0.1, 0.15) is 11.4 Å². The number of nitrogens with zero attached hydrogens (tertiary/aromatic N) is 3. The quantitative estimate of drug-likeness (QED) is 0.700. The standard InChI is InChI=1S/C25H31N5O3/c1-15(2)25(23(32)27-24(33)28-25)20-7-6-19(13-17(20)4)22(31)30-10-8-29(9-11-30)21-18(5)12-16(3)14-26-21/h6-7,12-15H,8-11H2,1-5H3,(H2,27,28,32,33)/t25-/m1/s1. The molecule has 2 aliphatic rings. The van der Waals surface area contributed by atoms with Crippen LogP contribution in [0.5, 0.6) is 0 Å². The van der Waals surface area contributed by atoms with E-state index in [1.807, 2.05) is 44.9 Å². The van der Waals surface area contributed by atoms with Crippen molar-refractivity contribution in [1.29, 1.82) is 0 Å². The normalized spacial score (nSPS) is 20.8. The predicted octanol–water partition coefficient (Wildman–Crippen LogP) is 2.66. The molecule has 0 aliphatic carbocycles. The Balaban J connectivity index is 1.50. The molecule has 2 aliphatic heterocycles. The highest BCUT2D eigenvalue weighted by molar-refractivity contribution is 6.08. The fourth-order valence-corrected chi connectivity index (χ4v) is 4.96. The molecule has 1 aromatic heterocycles. The lowest BCUT2D eigenvalue weighted by atomic mass is 9.77. The second-order valence-electron chi connectivity index (χ2n) is 9.33. The number of aromatic nitrogens is 1. The zero-order chi connectivity index (χ0) is 23.9. The van der Waals surface area contributed by atoms with Crippen molar-refractivity contribution in [2.45, 2.75) is 40.2 Å². The molecular formula is C25H31N5O3. The van der Waals surface area contributed by atoms with Gasteiger partial charge < -0.3 is 15.1 Å². The fourth-order valence-electron chi connectivity index (χ4n) is 4.96. The van der Waals surface area contributed by atoms with Gasteiger partial charge in [-0.05, 0) is 61.1 Å². The number of hydrogen-bond acceptors (Lipinski definition) is 5. The second-order valence-corrected chi connectivity index (χ2v) is 9.33. The van der Waals surface area contributed by atoms with Gasteiger partial charge in [-0.3, -0.25) is 14.9 Å². The summed E-state index contributed by atoms with van der Waals surface area (Å²) in [5.74, 6) is 0.428. The van der Waals surface area contributed by atoms with Crippen molar-refractivity contribution in [2.75, 3.05) is 31.1 Å². The smallest absolute Gasteiger partial charge is 0.322 e. The number of carbonyl (C=O) groups is 3. The second kappa shape index (κ2) is 8.50. The van der Waals surface area contributed by atoms with E-state index in [2.05, 4.69) is 33.5 Å². The fraction of sp³-hybridized carbons (Fsp3) is 0.440. The van der Waals surface area contributed by atoms with Crippen molar-refractivity contribution in [3.63, 3.8) is 0 Å². The van der Waals surface area contributed by atoms with Crippen LogP contribution in [-0.4, -0.2) is 53.9 Å². The lowest BCUT2D eigenvalue weighted by molar-refractivity contribution is -0.125. The van der Waals surface area contributed by atoms with Gasteiger partial charge in [-0.25, -0.2) is 9.78 Å². The van der Waals surface area contributed by atoms with Crippen molar-refractivity contribution >= 4 is 23.7 Å². The Morgan fingerprint density at radius 3 is 2.27 bits per heavy atom.